The van der Waals surface area contributed by atoms with Crippen LogP contribution in [0.1, 0.15) is 14.4 Å². The van der Waals surface area contributed by atoms with Gasteiger partial charge in [0.2, 0.25) is 0 Å². The molecule has 0 unspecified atom stereocenters. The van der Waals surface area contributed by atoms with E-state index < -0.39 is 6.03 Å². The molecule has 4 N–H and O–H groups in total. The number of hydrogen-bond acceptors (Lipinski definition) is 4. The largest absolute Gasteiger partial charge is 0.373 e. The van der Waals surface area contributed by atoms with Gasteiger partial charge < -0.3 is 11.5 Å². The number of nitrogens with two attached hydrogens (primary N) is 2. The van der Waals surface area contributed by atoms with Gasteiger partial charge >= 0.3 is 12.2 Å². The SMILES string of the molecule is C.CC#N.NC(N)=O.O=C=O. The summed E-state index contributed by atoms with van der Waals surface area (Å²) in [6, 6.07) is 0.917. The molecule has 64 valence electrons. The van der Waals surface area contributed by atoms with Gasteiger partial charge in [0, 0.05) is 6.92 Å². The molecule has 0 bridgehead atoms. The first-order chi connectivity index (χ1) is 4.56. The third kappa shape index (κ3) is 88.7. The van der Waals surface area contributed by atoms with Gasteiger partial charge in [-0.1, -0.05) is 7.43 Å². The first kappa shape index (κ1) is 22.9. The molecule has 0 fully saturated rings. The summed E-state index contributed by atoms with van der Waals surface area (Å²) in [5, 5.41) is 7.32. The van der Waals surface area contributed by atoms with Crippen LogP contribution in [0.25, 0.3) is 0 Å². The highest BCUT2D eigenvalue weighted by Crippen LogP contribution is 1.25. The van der Waals surface area contributed by atoms with Gasteiger partial charge in [-0.2, -0.15) is 14.9 Å². The molecule has 2 amide bonds. The Kier molecular flexibility index (Phi) is 87.7. The lowest BCUT2D eigenvalue weighted by Gasteiger charge is -1.62. The van der Waals surface area contributed by atoms with E-state index in [1.807, 2.05) is 0 Å². The van der Waals surface area contributed by atoms with Gasteiger partial charge in [-0.15, -0.1) is 0 Å². The number of rotatable bonds is 0. The molecular weight excluding hydrogens is 150 g/mol. The first-order valence-electron chi connectivity index (χ1n) is 1.91. The van der Waals surface area contributed by atoms with Crippen molar-refractivity contribution in [1.82, 2.24) is 0 Å². The number of carbonyl (C=O) groups excluding carboxylic acids is 3. The van der Waals surface area contributed by atoms with Crippen LogP contribution in [0.4, 0.5) is 4.79 Å². The molecule has 0 saturated carbocycles. The van der Waals surface area contributed by atoms with Crippen LogP contribution in [0.15, 0.2) is 0 Å². The number of amides is 2. The van der Waals surface area contributed by atoms with Gasteiger partial charge in [0.25, 0.3) is 0 Å². The molecule has 6 heteroatoms. The molecule has 0 aliphatic carbocycles. The molecular formula is C5H11N3O3. The molecule has 0 atom stereocenters. The second-order valence-corrected chi connectivity index (χ2v) is 0.709. The smallest absolute Gasteiger partial charge is 0.352 e. The van der Waals surface area contributed by atoms with Crippen LogP contribution in [0.3, 0.4) is 0 Å². The van der Waals surface area contributed by atoms with Crippen molar-refractivity contribution in [3.05, 3.63) is 0 Å². The maximum Gasteiger partial charge on any atom is 0.373 e. The highest BCUT2D eigenvalue weighted by molar-refractivity contribution is 5.69. The minimum absolute atomic E-state index is 0. The summed E-state index contributed by atoms with van der Waals surface area (Å²) in [4.78, 5) is 25.2. The van der Waals surface area contributed by atoms with Gasteiger partial charge in [0.05, 0.1) is 6.07 Å². The summed E-state index contributed by atoms with van der Waals surface area (Å²) in [5.41, 5.74) is 8.50. The van der Waals surface area contributed by atoms with Crippen molar-refractivity contribution in [2.45, 2.75) is 14.4 Å². The summed E-state index contributed by atoms with van der Waals surface area (Å²) in [5.74, 6) is 0. The molecule has 0 aliphatic heterocycles. The number of carbonyl (C=O) groups is 1. The van der Waals surface area contributed by atoms with Crippen molar-refractivity contribution in [3.8, 4) is 6.07 Å². The van der Waals surface area contributed by atoms with Crippen molar-refractivity contribution in [1.29, 1.82) is 5.26 Å². The molecule has 0 aromatic carbocycles. The highest BCUT2D eigenvalue weighted by atomic mass is 16.2. The van der Waals surface area contributed by atoms with Gasteiger partial charge in [-0.05, 0) is 0 Å². The van der Waals surface area contributed by atoms with Gasteiger partial charge in [-0.3, -0.25) is 0 Å². The Labute approximate surface area is 64.8 Å². The van der Waals surface area contributed by atoms with Crippen LogP contribution in [0, 0.1) is 11.3 Å². The summed E-state index contributed by atoms with van der Waals surface area (Å²) in [6.45, 7) is 1.43. The molecule has 0 radical (unpaired) electrons. The second kappa shape index (κ2) is 42.1. The lowest BCUT2D eigenvalue weighted by molar-refractivity contribution is -0.191. The molecule has 0 saturated heterocycles. The third-order valence-corrected chi connectivity index (χ3v) is 0. The molecule has 0 aliphatic rings. The van der Waals surface area contributed by atoms with Gasteiger partial charge in [-0.25, -0.2) is 4.79 Å². The Bertz CT molecular complexity index is 140. The first-order valence-corrected chi connectivity index (χ1v) is 1.91. The number of urea groups is 1. The number of hydrogen-bond donors (Lipinski definition) is 2. The predicted octanol–water partition coefficient (Wildman–Crippen LogP) is -0.394. The fourth-order valence-corrected chi connectivity index (χ4v) is 0. The fourth-order valence-electron chi connectivity index (χ4n) is 0. The van der Waals surface area contributed by atoms with Crippen LogP contribution in [-0.2, 0) is 9.59 Å². The summed E-state index contributed by atoms with van der Waals surface area (Å²) >= 11 is 0. The minimum Gasteiger partial charge on any atom is -0.352 e. The highest BCUT2D eigenvalue weighted by Gasteiger charge is 1.60. The van der Waals surface area contributed by atoms with E-state index in [4.69, 9.17) is 19.6 Å². The zero-order chi connectivity index (χ0) is 8.99. The van der Waals surface area contributed by atoms with Crippen LogP contribution < -0.4 is 11.5 Å². The number of nitriles is 1. The summed E-state index contributed by atoms with van der Waals surface area (Å²) < 4.78 is 0. The van der Waals surface area contributed by atoms with Crippen LogP contribution >= 0.6 is 0 Å². The Morgan fingerprint density at radius 1 is 1.36 bits per heavy atom. The van der Waals surface area contributed by atoms with E-state index in [1.165, 1.54) is 6.92 Å². The van der Waals surface area contributed by atoms with E-state index in [2.05, 4.69) is 11.5 Å². The van der Waals surface area contributed by atoms with E-state index in [9.17, 15) is 0 Å². The maximum absolute atomic E-state index is 9.00. The van der Waals surface area contributed by atoms with Gasteiger partial charge in [0.15, 0.2) is 0 Å². The molecule has 0 aromatic rings. The standard InChI is InChI=1S/C2H3N.CH4N2O.CO2.CH4/c1-2-3;2-1(3)4;2-1-3;/h1H3;(H4,2,3,4);;1H4. The van der Waals surface area contributed by atoms with Crippen LogP contribution in [0.5, 0.6) is 0 Å². The Morgan fingerprint density at radius 3 is 1.36 bits per heavy atom. The van der Waals surface area contributed by atoms with Crippen molar-refractivity contribution in [2.75, 3.05) is 0 Å². The zero-order valence-corrected chi connectivity index (χ0v) is 5.33. The fraction of sp³-hybridized carbons (Fsp3) is 0.400. The maximum atomic E-state index is 9.00. The topological polar surface area (TPSA) is 127 Å². The lowest BCUT2D eigenvalue weighted by atomic mass is 11.0. The van der Waals surface area contributed by atoms with E-state index in [1.54, 1.807) is 6.07 Å². The molecule has 6 nitrogen and oxygen atoms in total. The Morgan fingerprint density at radius 2 is 1.36 bits per heavy atom. The quantitative estimate of drug-likeness (QED) is 0.501. The second-order valence-electron chi connectivity index (χ2n) is 0.709. The van der Waals surface area contributed by atoms with E-state index in [-0.39, 0.29) is 13.6 Å². The van der Waals surface area contributed by atoms with Crippen molar-refractivity contribution in [3.63, 3.8) is 0 Å². The average molecular weight is 161 g/mol. The van der Waals surface area contributed by atoms with E-state index in [0.29, 0.717) is 0 Å². The molecule has 11 heavy (non-hydrogen) atoms. The molecule has 0 heterocycles. The van der Waals surface area contributed by atoms with E-state index >= 15 is 0 Å². The monoisotopic (exact) mass is 161 g/mol. The molecule has 0 aromatic heterocycles. The van der Waals surface area contributed by atoms with Crippen LogP contribution in [0.2, 0.25) is 0 Å². The van der Waals surface area contributed by atoms with Crippen LogP contribution in [-0.4, -0.2) is 12.2 Å². The van der Waals surface area contributed by atoms with Gasteiger partial charge in [0.1, 0.15) is 0 Å². The minimum atomic E-state index is -0.833. The summed E-state index contributed by atoms with van der Waals surface area (Å²) in [7, 11) is 0. The Balaban J connectivity index is -0.0000000325. The third-order valence-electron chi connectivity index (χ3n) is 0. The van der Waals surface area contributed by atoms with Crippen molar-refractivity contribution < 1.29 is 14.4 Å². The lowest BCUT2D eigenvalue weighted by Crippen LogP contribution is -2.18. The van der Waals surface area contributed by atoms with Crippen molar-refractivity contribution in [2.24, 2.45) is 11.5 Å². The molecule has 0 spiro atoms. The normalized spacial score (nSPS) is 3.64. The van der Waals surface area contributed by atoms with E-state index in [0.717, 1.165) is 0 Å². The number of primary amides is 2. The Hall–Kier alpha value is -1.86. The average Bonchev–Trinajstić information content (AvgIpc) is 1.65. The zero-order valence-electron chi connectivity index (χ0n) is 5.33. The van der Waals surface area contributed by atoms with Crippen molar-refractivity contribution >= 4 is 12.2 Å². The number of nitrogens with zero attached hydrogens (tertiary/aromatic N) is 1. The molecule has 0 rings (SSSR count). The summed E-state index contributed by atoms with van der Waals surface area (Å²) in [6.07, 6.45) is 0.250. The predicted molar refractivity (Wildman–Crippen MR) is 36.8 cm³/mol.